The van der Waals surface area contributed by atoms with Gasteiger partial charge in [0.1, 0.15) is 5.75 Å². The summed E-state index contributed by atoms with van der Waals surface area (Å²) in [6.07, 6.45) is -2.63. The van der Waals surface area contributed by atoms with Gasteiger partial charge in [-0.3, -0.25) is 14.3 Å². The van der Waals surface area contributed by atoms with Crippen LogP contribution in [-0.4, -0.2) is 45.9 Å². The molecule has 34 heavy (non-hydrogen) atoms. The number of rotatable bonds is 6. The molecule has 4 rings (SSSR count). The average molecular weight is 473 g/mol. The molecule has 7 nitrogen and oxygen atoms in total. The summed E-state index contributed by atoms with van der Waals surface area (Å²) in [6, 6.07) is 13.3. The highest BCUT2D eigenvalue weighted by Crippen LogP contribution is 2.36. The summed E-state index contributed by atoms with van der Waals surface area (Å²) >= 11 is 0. The molecule has 3 aromatic rings. The largest absolute Gasteiger partial charge is 0.496 e. The van der Waals surface area contributed by atoms with Crippen molar-refractivity contribution in [3.05, 3.63) is 70.0 Å². The van der Waals surface area contributed by atoms with E-state index in [1.54, 1.807) is 0 Å². The number of halogens is 3. The van der Waals surface area contributed by atoms with Crippen LogP contribution in [-0.2, 0) is 19.8 Å². The number of nitrogens with one attached hydrogen (secondary N) is 1. The third kappa shape index (κ3) is 5.22. The molecule has 180 valence electrons. The van der Waals surface area contributed by atoms with Crippen molar-refractivity contribution in [2.75, 3.05) is 25.5 Å². The summed E-state index contributed by atoms with van der Waals surface area (Å²) in [6.45, 7) is 2.56. The van der Waals surface area contributed by atoms with E-state index in [0.29, 0.717) is 0 Å². The standard InChI is InChI=1S/C24H26F3N5O2/c1-31-22(19-11-10-17(24(25,26)27)13-20(19)34-2)30-29-21(23(31)33)28-18-9-6-12-32(15-18)14-16-7-4-3-5-8-16/h3-5,7-8,10-11,13,18H,6,9,12,14-15H2,1-2H3,(H,28,29)/t18-/m1/s1. The number of hydrogen-bond acceptors (Lipinski definition) is 6. The smallest absolute Gasteiger partial charge is 0.416 e. The Kier molecular flexibility index (Phi) is 6.87. The molecule has 1 N–H and O–H groups in total. The van der Waals surface area contributed by atoms with Gasteiger partial charge in [0.2, 0.25) is 5.82 Å². The zero-order valence-corrected chi connectivity index (χ0v) is 19.0. The van der Waals surface area contributed by atoms with Crippen LogP contribution in [0.1, 0.15) is 24.0 Å². The van der Waals surface area contributed by atoms with E-state index in [1.165, 1.54) is 30.4 Å². The van der Waals surface area contributed by atoms with Crippen LogP contribution in [0.25, 0.3) is 11.4 Å². The number of likely N-dealkylation sites (tertiary alicyclic amines) is 1. The molecule has 0 spiro atoms. The lowest BCUT2D eigenvalue weighted by atomic mass is 10.0. The van der Waals surface area contributed by atoms with Crippen LogP contribution >= 0.6 is 0 Å². The highest BCUT2D eigenvalue weighted by atomic mass is 19.4. The predicted octanol–water partition coefficient (Wildman–Crippen LogP) is 3.95. The molecule has 0 saturated carbocycles. The summed E-state index contributed by atoms with van der Waals surface area (Å²) < 4.78 is 45.6. The van der Waals surface area contributed by atoms with E-state index in [9.17, 15) is 18.0 Å². The number of anilines is 1. The molecule has 0 aliphatic carbocycles. The van der Waals surface area contributed by atoms with Gasteiger partial charge < -0.3 is 10.1 Å². The van der Waals surface area contributed by atoms with E-state index in [4.69, 9.17) is 4.74 Å². The van der Waals surface area contributed by atoms with Crippen molar-refractivity contribution >= 4 is 5.82 Å². The maximum atomic E-state index is 13.1. The zero-order chi connectivity index (χ0) is 24.3. The van der Waals surface area contributed by atoms with Crippen molar-refractivity contribution in [2.45, 2.75) is 31.6 Å². The number of aromatic nitrogens is 3. The van der Waals surface area contributed by atoms with Crippen molar-refractivity contribution in [2.24, 2.45) is 7.05 Å². The molecule has 2 heterocycles. The van der Waals surface area contributed by atoms with E-state index in [2.05, 4.69) is 32.5 Å². The summed E-state index contributed by atoms with van der Waals surface area (Å²) in [5.41, 5.74) is 0.225. The van der Waals surface area contributed by atoms with Crippen LogP contribution in [0.2, 0.25) is 0 Å². The van der Waals surface area contributed by atoms with Gasteiger partial charge >= 0.3 is 6.18 Å². The first-order valence-corrected chi connectivity index (χ1v) is 11.0. The predicted molar refractivity (Wildman–Crippen MR) is 123 cm³/mol. The van der Waals surface area contributed by atoms with Crippen molar-refractivity contribution in [1.82, 2.24) is 19.7 Å². The molecular formula is C24H26F3N5O2. The number of hydrogen-bond donors (Lipinski definition) is 1. The molecular weight excluding hydrogens is 447 g/mol. The number of methoxy groups -OCH3 is 1. The molecule has 1 aromatic heterocycles. The van der Waals surface area contributed by atoms with Gasteiger partial charge in [0.25, 0.3) is 5.56 Å². The maximum absolute atomic E-state index is 13.1. The fourth-order valence-electron chi connectivity index (χ4n) is 4.19. The van der Waals surface area contributed by atoms with E-state index in [0.717, 1.165) is 44.6 Å². The van der Waals surface area contributed by atoms with Gasteiger partial charge in [0.15, 0.2) is 5.82 Å². The van der Waals surface area contributed by atoms with Gasteiger partial charge in [-0.2, -0.15) is 13.2 Å². The molecule has 0 unspecified atom stereocenters. The third-order valence-corrected chi connectivity index (χ3v) is 5.93. The molecule has 10 heteroatoms. The molecule has 1 aliphatic heterocycles. The molecule has 1 atom stereocenters. The van der Waals surface area contributed by atoms with Crippen molar-refractivity contribution in [3.8, 4) is 17.1 Å². The Morgan fingerprint density at radius 3 is 2.62 bits per heavy atom. The highest BCUT2D eigenvalue weighted by Gasteiger charge is 2.32. The SMILES string of the molecule is COc1cc(C(F)(F)F)ccc1-c1nnc(N[C@@H]2CCCN(Cc3ccccc3)C2)c(=O)n1C. The number of benzene rings is 2. The third-order valence-electron chi connectivity index (χ3n) is 5.93. The van der Waals surface area contributed by atoms with E-state index < -0.39 is 17.3 Å². The monoisotopic (exact) mass is 473 g/mol. The molecule has 1 fully saturated rings. The molecule has 1 aliphatic rings. The molecule has 0 bridgehead atoms. The first-order chi connectivity index (χ1) is 16.3. The van der Waals surface area contributed by atoms with Crippen molar-refractivity contribution in [1.29, 1.82) is 0 Å². The Hall–Kier alpha value is -3.40. The van der Waals surface area contributed by atoms with Gasteiger partial charge in [-0.25, -0.2) is 0 Å². The van der Waals surface area contributed by atoms with Gasteiger partial charge in [-0.1, -0.05) is 30.3 Å². The molecule has 2 aromatic carbocycles. The number of ether oxygens (including phenoxy) is 1. The van der Waals surface area contributed by atoms with Crippen LogP contribution < -0.4 is 15.6 Å². The van der Waals surface area contributed by atoms with E-state index in [1.807, 2.05) is 18.2 Å². The Morgan fingerprint density at radius 1 is 1.15 bits per heavy atom. The summed E-state index contributed by atoms with van der Waals surface area (Å²) in [5, 5.41) is 11.4. The van der Waals surface area contributed by atoms with Crippen LogP contribution in [0.5, 0.6) is 5.75 Å². The van der Waals surface area contributed by atoms with E-state index >= 15 is 0 Å². The minimum Gasteiger partial charge on any atom is -0.496 e. The van der Waals surface area contributed by atoms with Gasteiger partial charge in [0.05, 0.1) is 18.2 Å². The van der Waals surface area contributed by atoms with Crippen LogP contribution in [0, 0.1) is 0 Å². The second kappa shape index (κ2) is 9.84. The molecule has 0 amide bonds. The second-order valence-corrected chi connectivity index (χ2v) is 8.35. The highest BCUT2D eigenvalue weighted by molar-refractivity contribution is 5.65. The number of nitrogens with zero attached hydrogens (tertiary/aromatic N) is 4. The second-order valence-electron chi connectivity index (χ2n) is 8.35. The summed E-state index contributed by atoms with van der Waals surface area (Å²) in [5.74, 6) is 0.197. The van der Waals surface area contributed by atoms with Gasteiger partial charge in [-0.05, 0) is 43.1 Å². The molecule has 0 radical (unpaired) electrons. The lowest BCUT2D eigenvalue weighted by Gasteiger charge is -2.33. The van der Waals surface area contributed by atoms with Crippen LogP contribution in [0.4, 0.5) is 19.0 Å². The van der Waals surface area contributed by atoms with Crippen molar-refractivity contribution < 1.29 is 17.9 Å². The van der Waals surface area contributed by atoms with E-state index in [-0.39, 0.29) is 29.0 Å². The first-order valence-electron chi connectivity index (χ1n) is 11.0. The Morgan fingerprint density at radius 2 is 1.91 bits per heavy atom. The lowest BCUT2D eigenvalue weighted by molar-refractivity contribution is -0.137. The lowest BCUT2D eigenvalue weighted by Crippen LogP contribution is -2.43. The van der Waals surface area contributed by atoms with Crippen LogP contribution in [0.3, 0.4) is 0 Å². The first kappa shape index (κ1) is 23.7. The fourth-order valence-corrected chi connectivity index (χ4v) is 4.19. The Labute approximate surface area is 195 Å². The van der Waals surface area contributed by atoms with Crippen LogP contribution in [0.15, 0.2) is 53.3 Å². The minimum absolute atomic E-state index is 0.0333. The quantitative estimate of drug-likeness (QED) is 0.585. The topological polar surface area (TPSA) is 72.3 Å². The Bertz CT molecular complexity index is 1200. The normalized spacial score (nSPS) is 16.9. The van der Waals surface area contributed by atoms with Gasteiger partial charge in [0, 0.05) is 26.2 Å². The summed E-state index contributed by atoms with van der Waals surface area (Å²) in [4.78, 5) is 15.3. The number of alkyl halides is 3. The average Bonchev–Trinajstić information content (AvgIpc) is 2.82. The zero-order valence-electron chi connectivity index (χ0n) is 19.0. The summed E-state index contributed by atoms with van der Waals surface area (Å²) in [7, 11) is 2.78. The Balaban J connectivity index is 1.53. The minimum atomic E-state index is -4.51. The molecule has 1 saturated heterocycles. The maximum Gasteiger partial charge on any atom is 0.416 e. The van der Waals surface area contributed by atoms with Crippen molar-refractivity contribution in [3.63, 3.8) is 0 Å². The van der Waals surface area contributed by atoms with Gasteiger partial charge in [-0.15, -0.1) is 10.2 Å². The number of piperidine rings is 1. The fraction of sp³-hybridized carbons (Fsp3) is 0.375.